The molecule has 90 valence electrons. The second-order valence-corrected chi connectivity index (χ2v) is 5.57. The molecule has 1 unspecified atom stereocenters. The summed E-state index contributed by atoms with van der Waals surface area (Å²) in [5.41, 5.74) is 2.23. The minimum atomic E-state index is -0.0256. The van der Waals surface area contributed by atoms with E-state index in [1.54, 1.807) is 11.3 Å². The van der Waals surface area contributed by atoms with Gasteiger partial charge in [-0.05, 0) is 37.6 Å². The maximum absolute atomic E-state index is 9.52. The number of hydrogen-bond donors (Lipinski definition) is 2. The molecule has 2 rings (SSSR count). The number of aliphatic hydroxyl groups excluding tert-OH is 1. The van der Waals surface area contributed by atoms with Crippen molar-refractivity contribution in [2.24, 2.45) is 0 Å². The van der Waals surface area contributed by atoms with E-state index >= 15 is 0 Å². The van der Waals surface area contributed by atoms with Gasteiger partial charge in [-0.15, -0.1) is 11.3 Å². The van der Waals surface area contributed by atoms with E-state index in [1.165, 1.54) is 15.3 Å². The molecule has 2 aromatic rings. The molecule has 0 bridgehead atoms. The van der Waals surface area contributed by atoms with Crippen LogP contribution in [0.4, 0.5) is 5.69 Å². The van der Waals surface area contributed by atoms with Crippen LogP contribution in [0.2, 0.25) is 0 Å². The minimum absolute atomic E-state index is 0.0256. The Morgan fingerprint density at radius 1 is 1.24 bits per heavy atom. The Morgan fingerprint density at radius 3 is 2.47 bits per heavy atom. The predicted molar refractivity (Wildman–Crippen MR) is 73.7 cm³/mol. The fourth-order valence-electron chi connectivity index (χ4n) is 1.95. The summed E-state index contributed by atoms with van der Waals surface area (Å²) < 4.78 is 0. The number of para-hydroxylation sites is 1. The van der Waals surface area contributed by atoms with Gasteiger partial charge in [0.05, 0.1) is 12.6 Å². The lowest BCUT2D eigenvalue weighted by atomic mass is 10.1. The molecule has 0 amide bonds. The Labute approximate surface area is 106 Å². The zero-order chi connectivity index (χ0) is 12.3. The molecule has 0 fully saturated rings. The van der Waals surface area contributed by atoms with Crippen molar-refractivity contribution >= 4 is 17.0 Å². The van der Waals surface area contributed by atoms with Crippen LogP contribution in [0.5, 0.6) is 0 Å². The Balaban J connectivity index is 2.20. The van der Waals surface area contributed by atoms with Crippen molar-refractivity contribution in [3.63, 3.8) is 0 Å². The number of aliphatic hydroxyl groups is 1. The largest absolute Gasteiger partial charge is 0.394 e. The van der Waals surface area contributed by atoms with E-state index in [2.05, 4.69) is 25.2 Å². The molecular formula is C14H17NOS. The summed E-state index contributed by atoms with van der Waals surface area (Å²) in [6.07, 6.45) is 0. The van der Waals surface area contributed by atoms with Crippen LogP contribution in [0.25, 0.3) is 0 Å². The molecule has 0 saturated heterocycles. The van der Waals surface area contributed by atoms with Crippen molar-refractivity contribution in [3.05, 3.63) is 51.7 Å². The van der Waals surface area contributed by atoms with Gasteiger partial charge in [0.15, 0.2) is 0 Å². The molecule has 0 aliphatic carbocycles. The first-order valence-corrected chi connectivity index (χ1v) is 6.51. The van der Waals surface area contributed by atoms with Gasteiger partial charge in [0, 0.05) is 15.4 Å². The number of rotatable bonds is 4. The third-order valence-corrected chi connectivity index (χ3v) is 3.73. The molecule has 1 atom stereocenters. The van der Waals surface area contributed by atoms with E-state index in [0.717, 1.165) is 5.69 Å². The van der Waals surface area contributed by atoms with E-state index < -0.39 is 0 Å². The number of benzene rings is 1. The molecule has 3 heteroatoms. The number of hydrogen-bond acceptors (Lipinski definition) is 3. The smallest absolute Gasteiger partial charge is 0.0755 e. The van der Waals surface area contributed by atoms with E-state index in [4.69, 9.17) is 0 Å². The molecule has 0 spiro atoms. The lowest BCUT2D eigenvalue weighted by molar-refractivity contribution is 0.276. The summed E-state index contributed by atoms with van der Waals surface area (Å²) in [6.45, 7) is 4.30. The van der Waals surface area contributed by atoms with Crippen molar-refractivity contribution in [1.82, 2.24) is 0 Å². The third-order valence-electron chi connectivity index (χ3n) is 2.75. The summed E-state index contributed by atoms with van der Waals surface area (Å²) in [5.74, 6) is 0. The van der Waals surface area contributed by atoms with E-state index in [-0.39, 0.29) is 12.6 Å². The highest BCUT2D eigenvalue weighted by molar-refractivity contribution is 7.12. The first-order chi connectivity index (χ1) is 8.20. The molecule has 0 aliphatic heterocycles. The highest BCUT2D eigenvalue weighted by Crippen LogP contribution is 2.28. The summed E-state index contributed by atoms with van der Waals surface area (Å²) >= 11 is 1.77. The van der Waals surface area contributed by atoms with E-state index in [9.17, 15) is 5.11 Å². The molecule has 2 nitrogen and oxygen atoms in total. The van der Waals surface area contributed by atoms with Crippen LogP contribution in [0.3, 0.4) is 0 Å². The first kappa shape index (κ1) is 12.1. The molecule has 1 heterocycles. The third kappa shape index (κ3) is 2.87. The van der Waals surface area contributed by atoms with Crippen LogP contribution in [0.1, 0.15) is 21.4 Å². The molecule has 2 N–H and O–H groups in total. The van der Waals surface area contributed by atoms with Crippen LogP contribution in [0.15, 0.2) is 36.4 Å². The fourth-order valence-corrected chi connectivity index (χ4v) is 2.94. The molecule has 0 saturated carbocycles. The summed E-state index contributed by atoms with van der Waals surface area (Å²) in [7, 11) is 0. The first-order valence-electron chi connectivity index (χ1n) is 5.70. The standard InChI is InChI=1S/C14H17NOS/c1-10-8-13(11(2)17-10)14(9-16)15-12-6-4-3-5-7-12/h3-8,14-16H,9H2,1-2H3. The fraction of sp³-hybridized carbons (Fsp3) is 0.286. The Bertz CT molecular complexity index is 478. The zero-order valence-electron chi connectivity index (χ0n) is 10.1. The lowest BCUT2D eigenvalue weighted by Gasteiger charge is -2.17. The average molecular weight is 247 g/mol. The molecule has 0 aliphatic rings. The SMILES string of the molecule is Cc1cc(C(CO)Nc2ccccc2)c(C)s1. The Morgan fingerprint density at radius 2 is 1.94 bits per heavy atom. The topological polar surface area (TPSA) is 32.3 Å². The molecular weight excluding hydrogens is 230 g/mol. The second kappa shape index (κ2) is 5.34. The molecule has 17 heavy (non-hydrogen) atoms. The summed E-state index contributed by atoms with van der Waals surface area (Å²) in [6, 6.07) is 12.1. The zero-order valence-corrected chi connectivity index (χ0v) is 10.9. The summed E-state index contributed by atoms with van der Waals surface area (Å²) in [5, 5.41) is 12.9. The van der Waals surface area contributed by atoms with Gasteiger partial charge in [-0.25, -0.2) is 0 Å². The number of thiophene rings is 1. The molecule has 1 aromatic carbocycles. The van der Waals surface area contributed by atoms with Gasteiger partial charge < -0.3 is 10.4 Å². The van der Waals surface area contributed by atoms with Crippen LogP contribution >= 0.6 is 11.3 Å². The van der Waals surface area contributed by atoms with E-state index in [1.807, 2.05) is 30.3 Å². The normalized spacial score (nSPS) is 12.4. The Kier molecular flexibility index (Phi) is 3.82. The van der Waals surface area contributed by atoms with Crippen molar-refractivity contribution in [3.8, 4) is 0 Å². The highest BCUT2D eigenvalue weighted by Gasteiger charge is 2.14. The molecule has 1 aromatic heterocycles. The van der Waals surface area contributed by atoms with Crippen LogP contribution in [-0.2, 0) is 0 Å². The van der Waals surface area contributed by atoms with Crippen LogP contribution in [-0.4, -0.2) is 11.7 Å². The van der Waals surface area contributed by atoms with Gasteiger partial charge in [0.25, 0.3) is 0 Å². The van der Waals surface area contributed by atoms with Crippen LogP contribution in [0, 0.1) is 13.8 Å². The van der Waals surface area contributed by atoms with Gasteiger partial charge in [-0.3, -0.25) is 0 Å². The average Bonchev–Trinajstić information content (AvgIpc) is 2.67. The van der Waals surface area contributed by atoms with Gasteiger partial charge in [0.1, 0.15) is 0 Å². The maximum atomic E-state index is 9.52. The van der Waals surface area contributed by atoms with Crippen molar-refractivity contribution in [1.29, 1.82) is 0 Å². The quantitative estimate of drug-likeness (QED) is 0.866. The number of anilines is 1. The molecule has 0 radical (unpaired) electrons. The van der Waals surface area contributed by atoms with Crippen molar-refractivity contribution in [2.45, 2.75) is 19.9 Å². The highest BCUT2D eigenvalue weighted by atomic mass is 32.1. The van der Waals surface area contributed by atoms with Gasteiger partial charge in [-0.1, -0.05) is 18.2 Å². The summed E-state index contributed by atoms with van der Waals surface area (Å²) in [4.78, 5) is 2.55. The number of nitrogens with one attached hydrogen (secondary N) is 1. The van der Waals surface area contributed by atoms with Crippen LogP contribution < -0.4 is 5.32 Å². The predicted octanol–water partition coefficient (Wildman–Crippen LogP) is 3.51. The van der Waals surface area contributed by atoms with Crippen molar-refractivity contribution in [2.75, 3.05) is 11.9 Å². The lowest BCUT2D eigenvalue weighted by Crippen LogP contribution is -2.14. The van der Waals surface area contributed by atoms with Gasteiger partial charge in [0.2, 0.25) is 0 Å². The monoisotopic (exact) mass is 247 g/mol. The van der Waals surface area contributed by atoms with E-state index in [0.29, 0.717) is 0 Å². The second-order valence-electron chi connectivity index (χ2n) is 4.11. The van der Waals surface area contributed by atoms with Gasteiger partial charge in [-0.2, -0.15) is 0 Å². The maximum Gasteiger partial charge on any atom is 0.0755 e. The van der Waals surface area contributed by atoms with Crippen molar-refractivity contribution < 1.29 is 5.11 Å². The minimum Gasteiger partial charge on any atom is -0.394 e. The van der Waals surface area contributed by atoms with Gasteiger partial charge >= 0.3 is 0 Å². The Hall–Kier alpha value is -1.32. The number of aryl methyl sites for hydroxylation is 2.